The molecule has 2 saturated heterocycles. The molecule has 4 aliphatic carbocycles. The van der Waals surface area contributed by atoms with Crippen LogP contribution in [0.3, 0.4) is 0 Å². The molecular weight excluding hydrogens is 1390 g/mol. The first-order chi connectivity index (χ1) is 52.7. The van der Waals surface area contributed by atoms with Crippen molar-refractivity contribution in [1.82, 2.24) is 0 Å². The van der Waals surface area contributed by atoms with E-state index in [4.69, 9.17) is 52.1 Å². The highest BCUT2D eigenvalue weighted by Gasteiger charge is 2.64. The summed E-state index contributed by atoms with van der Waals surface area (Å²) >= 11 is 0. The molecule has 21 heteroatoms. The van der Waals surface area contributed by atoms with Gasteiger partial charge in [0.2, 0.25) is 0 Å². The molecule has 570 valence electrons. The number of aliphatic hydroxyl groups is 1. The number of carbonyl (C=O) groups is 9. The van der Waals surface area contributed by atoms with Crippen LogP contribution in [0.2, 0.25) is 0 Å². The molecular formula is C88H92O21. The molecule has 0 aromatic heterocycles. The van der Waals surface area contributed by atoms with Gasteiger partial charge in [-0.15, -0.1) is 0 Å². The van der Waals surface area contributed by atoms with Crippen LogP contribution in [0, 0.1) is 52.3 Å². The second kappa shape index (κ2) is 34.7. The van der Waals surface area contributed by atoms with Crippen LogP contribution < -0.4 is 0 Å². The minimum Gasteiger partial charge on any atom is -0.459 e. The van der Waals surface area contributed by atoms with E-state index in [0.29, 0.717) is 25.7 Å². The lowest BCUT2D eigenvalue weighted by Gasteiger charge is -2.61. The maximum atomic E-state index is 14.8. The second-order valence-electron chi connectivity index (χ2n) is 30.3. The Hall–Kier alpha value is -10.0. The van der Waals surface area contributed by atoms with Crippen LogP contribution in [0.1, 0.15) is 164 Å². The molecule has 13 rings (SSSR count). The average molecular weight is 1490 g/mol. The van der Waals surface area contributed by atoms with Crippen LogP contribution in [0.5, 0.6) is 0 Å². The van der Waals surface area contributed by atoms with E-state index in [2.05, 4.69) is 13.8 Å². The molecule has 6 fully saturated rings. The summed E-state index contributed by atoms with van der Waals surface area (Å²) in [6.45, 7) is 7.27. The van der Waals surface area contributed by atoms with Crippen LogP contribution in [0.4, 0.5) is 0 Å². The van der Waals surface area contributed by atoms with Gasteiger partial charge in [0, 0.05) is 24.7 Å². The molecule has 20 atom stereocenters. The first-order valence-corrected chi connectivity index (χ1v) is 37.8. The number of aliphatic hydroxyl groups excluding tert-OH is 1. The normalized spacial score (nSPS) is 29.5. The monoisotopic (exact) mass is 1480 g/mol. The van der Waals surface area contributed by atoms with Crippen molar-refractivity contribution >= 4 is 53.4 Å². The number of carbonyl (C=O) groups excluding carboxylic acids is 9. The van der Waals surface area contributed by atoms with Crippen molar-refractivity contribution in [2.24, 2.45) is 52.3 Å². The first-order valence-electron chi connectivity index (χ1n) is 37.8. The van der Waals surface area contributed by atoms with Gasteiger partial charge >= 0.3 is 41.8 Å². The minimum atomic E-state index is -1.66. The van der Waals surface area contributed by atoms with Crippen molar-refractivity contribution in [2.75, 3.05) is 19.8 Å². The van der Waals surface area contributed by atoms with Gasteiger partial charge in [-0.2, -0.15) is 0 Å². The third-order valence-corrected chi connectivity index (χ3v) is 23.5. The zero-order valence-electron chi connectivity index (χ0n) is 61.4. The molecule has 0 bridgehead atoms. The lowest BCUT2D eigenvalue weighted by Crippen LogP contribution is -2.63. The smallest absolute Gasteiger partial charge is 0.338 e. The number of esters is 7. The second-order valence-corrected chi connectivity index (χ2v) is 30.3. The summed E-state index contributed by atoms with van der Waals surface area (Å²) in [4.78, 5) is 127. The fraction of sp³-hybridized carbons (Fsp3) is 0.420. The van der Waals surface area contributed by atoms with Crippen molar-refractivity contribution in [3.63, 3.8) is 0 Å². The summed E-state index contributed by atoms with van der Waals surface area (Å²) in [6.07, 6.45) is -9.32. The first kappa shape index (κ1) is 77.1. The largest absolute Gasteiger partial charge is 0.459 e. The van der Waals surface area contributed by atoms with E-state index < -0.39 is 140 Å². The van der Waals surface area contributed by atoms with E-state index in [1.165, 1.54) is 24.3 Å². The minimum absolute atomic E-state index is 0.0543. The van der Waals surface area contributed by atoms with E-state index in [1.807, 2.05) is 13.8 Å². The molecule has 0 amide bonds. The molecule has 4 saturated carbocycles. The van der Waals surface area contributed by atoms with E-state index >= 15 is 0 Å². The van der Waals surface area contributed by atoms with Crippen molar-refractivity contribution in [3.05, 3.63) is 251 Å². The Morgan fingerprint density at radius 3 is 1.28 bits per heavy atom. The van der Waals surface area contributed by atoms with E-state index in [0.717, 1.165) is 32.1 Å². The molecule has 1 N–H and O–H groups in total. The molecule has 7 aromatic carbocycles. The van der Waals surface area contributed by atoms with Crippen molar-refractivity contribution in [1.29, 1.82) is 0 Å². The van der Waals surface area contributed by atoms with Crippen molar-refractivity contribution in [2.45, 2.75) is 159 Å². The van der Waals surface area contributed by atoms with Crippen LogP contribution in [-0.4, -0.2) is 146 Å². The van der Waals surface area contributed by atoms with Gasteiger partial charge in [-0.05, 0) is 177 Å². The molecule has 109 heavy (non-hydrogen) atoms. The summed E-state index contributed by atoms with van der Waals surface area (Å²) in [5.41, 5.74) is 0.713. The van der Waals surface area contributed by atoms with Gasteiger partial charge in [0.05, 0.1) is 51.7 Å². The zero-order valence-corrected chi connectivity index (χ0v) is 61.4. The molecule has 2 aliphatic heterocycles. The summed E-state index contributed by atoms with van der Waals surface area (Å²) in [5.74, 6) is -6.15. The Kier molecular flexibility index (Phi) is 24.5. The van der Waals surface area contributed by atoms with Gasteiger partial charge in [-0.1, -0.05) is 155 Å². The van der Waals surface area contributed by atoms with Crippen LogP contribution in [0.15, 0.2) is 212 Å². The summed E-state index contributed by atoms with van der Waals surface area (Å²) in [5, 5.41) is 12.4. The lowest BCUT2D eigenvalue weighted by atomic mass is 9.44. The lowest BCUT2D eigenvalue weighted by molar-refractivity contribution is -0.314. The van der Waals surface area contributed by atoms with Crippen molar-refractivity contribution < 1.29 is 100 Å². The van der Waals surface area contributed by atoms with Gasteiger partial charge in [0.25, 0.3) is 0 Å². The van der Waals surface area contributed by atoms with Crippen LogP contribution in [-0.2, 0) is 61.7 Å². The number of rotatable bonds is 26. The van der Waals surface area contributed by atoms with Crippen LogP contribution in [0.25, 0.3) is 0 Å². The number of Topliss-reactive ketones (excluding diaryl/α,β-unsaturated/α-hetero) is 2. The van der Waals surface area contributed by atoms with E-state index in [1.54, 1.807) is 188 Å². The topological polar surface area (TPSA) is 275 Å². The molecule has 2 heterocycles. The molecule has 6 aliphatic rings. The molecule has 7 aromatic rings. The number of benzene rings is 7. The number of ether oxygens (including phenoxy) is 11. The highest BCUT2D eigenvalue weighted by atomic mass is 16.7. The summed E-state index contributed by atoms with van der Waals surface area (Å²) in [6, 6.07) is 57.3. The SMILES string of the molecule is C[C@@H](CCC(=O)[C@@H](C)C1C(=O)CC2C3CCC4CC(O[C@@H]5OC(COC(=O)c6ccccc6)[C@@H](OC(=O)c6ccccc6)[C@H](OC(=O)c6ccccc6)C5O)CCC4(C)C3CCC21C)CO[C@@H]1OC(COC(=O)c2ccccc2)[C@H](OC(=O)c2ccccc2)[C@H](OC(=O)c2ccccc2)C1OC(=O)c1ccccc1. The van der Waals surface area contributed by atoms with E-state index in [9.17, 15) is 48.3 Å². The Labute approximate surface area is 633 Å². The Morgan fingerprint density at radius 1 is 0.450 bits per heavy atom. The van der Waals surface area contributed by atoms with Gasteiger partial charge < -0.3 is 57.2 Å². The fourth-order valence-corrected chi connectivity index (χ4v) is 17.8. The van der Waals surface area contributed by atoms with Crippen molar-refractivity contribution in [3.8, 4) is 0 Å². The quantitative estimate of drug-likeness (QED) is 0.0300. The van der Waals surface area contributed by atoms with Gasteiger partial charge in [-0.3, -0.25) is 9.59 Å². The summed E-state index contributed by atoms with van der Waals surface area (Å²) < 4.78 is 69.1. The van der Waals surface area contributed by atoms with Crippen LogP contribution >= 0.6 is 0 Å². The summed E-state index contributed by atoms with van der Waals surface area (Å²) in [7, 11) is 0. The highest BCUT2D eigenvalue weighted by Crippen LogP contribution is 2.68. The third-order valence-electron chi connectivity index (χ3n) is 23.5. The molecule has 12 unspecified atom stereocenters. The van der Waals surface area contributed by atoms with Gasteiger partial charge in [0.15, 0.2) is 43.1 Å². The number of fused-ring (bicyclic) bond motifs is 5. The Morgan fingerprint density at radius 2 is 0.835 bits per heavy atom. The van der Waals surface area contributed by atoms with Gasteiger partial charge in [-0.25, -0.2) is 33.6 Å². The number of hydrogen-bond acceptors (Lipinski definition) is 21. The highest BCUT2D eigenvalue weighted by molar-refractivity contribution is 5.94. The predicted octanol–water partition coefficient (Wildman–Crippen LogP) is 13.5. The Bertz CT molecular complexity index is 4300. The third kappa shape index (κ3) is 17.5. The number of ketones is 2. The maximum absolute atomic E-state index is 14.8. The molecule has 21 nitrogen and oxygen atoms in total. The van der Waals surface area contributed by atoms with E-state index in [-0.39, 0.29) is 98.5 Å². The maximum Gasteiger partial charge on any atom is 0.338 e. The predicted molar refractivity (Wildman–Crippen MR) is 394 cm³/mol. The standard InChI is InChI=1S/C88H92O21/c1-53(50-101-86-77(109-84(98)61-38-24-11-25-39-61)76(108-83(97)60-36-22-10-23-37-60)74(106-81(95)58-32-18-8-19-33-58)70(104-86)52-100-79(93)56-28-14-6-15-29-56)40-43-67(89)54(2)71-68(90)49-66-64-42-41-62-48-63(44-46-87(62,3)65(64)45-47-88(66,71)4)102-85-72(91)75(107-82(96)59-34-20-9-21-35-59)73(105-80(94)57-30-16-7-17-31-57)69(103-85)51-99-78(92)55-26-12-5-13-27-55/h5-39,53-54,62-66,69-77,85-86,91H,40-52H2,1-4H3/t53-,54+,62?,63?,64?,65?,66?,69?,70?,71?,72?,73+,74-,75+,76-,77?,85+,86+,87?,88?/m0/s1. The average Bonchev–Trinajstić information content (AvgIpc) is 1.61. The van der Waals surface area contributed by atoms with Gasteiger partial charge in [0.1, 0.15) is 43.1 Å². The molecule has 0 spiro atoms. The zero-order chi connectivity index (χ0) is 76.3. The fourth-order valence-electron chi connectivity index (χ4n) is 17.8. The molecule has 0 radical (unpaired) electrons. The number of hydrogen-bond donors (Lipinski definition) is 1. The Balaban J connectivity index is 0.673.